The lowest BCUT2D eigenvalue weighted by Gasteiger charge is -2.22. The second kappa shape index (κ2) is 8.88. The standard InChI is InChI=1S/C20H23ClN4O2/c1-25(18-10-11-22-19(18)26)13-15-4-8-17(9-5-15)24-20(27)23-12-14-2-6-16(21)7-3-14/h2-9,18H,10-13H2,1H3,(H,22,26)(H2,23,24,27)/t18-/m1/s1. The summed E-state index contributed by atoms with van der Waals surface area (Å²) < 4.78 is 0. The first-order valence-corrected chi connectivity index (χ1v) is 9.25. The fourth-order valence-corrected chi connectivity index (χ4v) is 3.18. The topological polar surface area (TPSA) is 73.5 Å². The summed E-state index contributed by atoms with van der Waals surface area (Å²) in [4.78, 5) is 25.8. The van der Waals surface area contributed by atoms with Crippen LogP contribution in [0.25, 0.3) is 0 Å². The van der Waals surface area contributed by atoms with Gasteiger partial charge in [0.1, 0.15) is 0 Å². The van der Waals surface area contributed by atoms with Gasteiger partial charge in [0.15, 0.2) is 0 Å². The number of urea groups is 1. The zero-order valence-electron chi connectivity index (χ0n) is 15.2. The van der Waals surface area contributed by atoms with Gasteiger partial charge < -0.3 is 16.0 Å². The molecule has 0 radical (unpaired) electrons. The van der Waals surface area contributed by atoms with Crippen LogP contribution in [-0.4, -0.2) is 36.5 Å². The smallest absolute Gasteiger partial charge is 0.319 e. The lowest BCUT2D eigenvalue weighted by Crippen LogP contribution is -2.37. The number of rotatable bonds is 6. The van der Waals surface area contributed by atoms with Crippen molar-refractivity contribution in [3.05, 3.63) is 64.7 Å². The molecule has 0 saturated carbocycles. The molecule has 3 amide bonds. The Labute approximate surface area is 163 Å². The lowest BCUT2D eigenvalue weighted by molar-refractivity contribution is -0.123. The van der Waals surface area contributed by atoms with Gasteiger partial charge in [-0.1, -0.05) is 35.9 Å². The molecule has 1 heterocycles. The molecular weight excluding hydrogens is 364 g/mol. The zero-order chi connectivity index (χ0) is 19.2. The zero-order valence-corrected chi connectivity index (χ0v) is 15.9. The highest BCUT2D eigenvalue weighted by molar-refractivity contribution is 6.30. The van der Waals surface area contributed by atoms with Gasteiger partial charge in [-0.2, -0.15) is 0 Å². The SMILES string of the molecule is CN(Cc1ccc(NC(=O)NCc2ccc(Cl)cc2)cc1)[C@@H]1CCNC1=O. The molecule has 0 spiro atoms. The number of carbonyl (C=O) groups is 2. The van der Waals surface area contributed by atoms with Gasteiger partial charge in [0, 0.05) is 30.3 Å². The molecule has 1 aliphatic heterocycles. The molecular formula is C20H23ClN4O2. The quantitative estimate of drug-likeness (QED) is 0.714. The molecule has 2 aromatic rings. The number of amides is 3. The normalized spacial score (nSPS) is 16.3. The van der Waals surface area contributed by atoms with E-state index in [1.54, 1.807) is 12.1 Å². The van der Waals surface area contributed by atoms with Crippen molar-refractivity contribution in [2.24, 2.45) is 0 Å². The van der Waals surface area contributed by atoms with Gasteiger partial charge in [-0.25, -0.2) is 4.79 Å². The highest BCUT2D eigenvalue weighted by Gasteiger charge is 2.27. The second-order valence-electron chi connectivity index (χ2n) is 6.64. The maximum absolute atomic E-state index is 12.0. The summed E-state index contributed by atoms with van der Waals surface area (Å²) in [5, 5.41) is 9.14. The van der Waals surface area contributed by atoms with Crippen molar-refractivity contribution in [3.8, 4) is 0 Å². The number of benzene rings is 2. The number of hydrogen-bond acceptors (Lipinski definition) is 3. The molecule has 7 heteroatoms. The van der Waals surface area contributed by atoms with E-state index in [2.05, 4.69) is 16.0 Å². The minimum absolute atomic E-state index is 0.0681. The third-order valence-corrected chi connectivity index (χ3v) is 4.81. The van der Waals surface area contributed by atoms with Crippen LogP contribution in [0.4, 0.5) is 10.5 Å². The van der Waals surface area contributed by atoms with E-state index < -0.39 is 0 Å². The predicted molar refractivity (Wildman–Crippen MR) is 107 cm³/mol. The average Bonchev–Trinajstić information content (AvgIpc) is 3.09. The van der Waals surface area contributed by atoms with E-state index in [-0.39, 0.29) is 18.0 Å². The maximum Gasteiger partial charge on any atom is 0.319 e. The Morgan fingerprint density at radius 3 is 2.44 bits per heavy atom. The molecule has 3 N–H and O–H groups in total. The number of anilines is 1. The van der Waals surface area contributed by atoms with Crippen LogP contribution in [0.5, 0.6) is 0 Å². The molecule has 0 aliphatic carbocycles. The van der Waals surface area contributed by atoms with Crippen LogP contribution in [0.3, 0.4) is 0 Å². The summed E-state index contributed by atoms with van der Waals surface area (Å²) >= 11 is 5.85. The molecule has 1 atom stereocenters. The van der Waals surface area contributed by atoms with Crippen LogP contribution in [-0.2, 0) is 17.9 Å². The third-order valence-electron chi connectivity index (χ3n) is 4.56. The Bertz CT molecular complexity index is 793. The van der Waals surface area contributed by atoms with Crippen LogP contribution in [0, 0.1) is 0 Å². The van der Waals surface area contributed by atoms with Crippen molar-refractivity contribution >= 4 is 29.2 Å². The average molecular weight is 387 g/mol. The van der Waals surface area contributed by atoms with Gasteiger partial charge in [0.25, 0.3) is 0 Å². The Balaban J connectivity index is 1.47. The summed E-state index contributed by atoms with van der Waals surface area (Å²) in [7, 11) is 1.95. The number of halogens is 1. The van der Waals surface area contributed by atoms with E-state index in [1.165, 1.54) is 0 Å². The number of nitrogens with zero attached hydrogens (tertiary/aromatic N) is 1. The summed E-state index contributed by atoms with van der Waals surface area (Å²) in [6, 6.07) is 14.6. The molecule has 1 fully saturated rings. The molecule has 1 saturated heterocycles. The van der Waals surface area contributed by atoms with Crippen molar-refractivity contribution in [1.82, 2.24) is 15.5 Å². The van der Waals surface area contributed by atoms with Gasteiger partial charge >= 0.3 is 6.03 Å². The van der Waals surface area contributed by atoms with Gasteiger partial charge in [-0.3, -0.25) is 9.69 Å². The van der Waals surface area contributed by atoms with Gasteiger partial charge in [-0.15, -0.1) is 0 Å². The molecule has 6 nitrogen and oxygen atoms in total. The van der Waals surface area contributed by atoms with E-state index in [9.17, 15) is 9.59 Å². The van der Waals surface area contributed by atoms with Crippen molar-refractivity contribution in [1.29, 1.82) is 0 Å². The van der Waals surface area contributed by atoms with Crippen LogP contribution in [0.1, 0.15) is 17.5 Å². The van der Waals surface area contributed by atoms with E-state index in [4.69, 9.17) is 11.6 Å². The fraction of sp³-hybridized carbons (Fsp3) is 0.300. The van der Waals surface area contributed by atoms with Crippen molar-refractivity contribution in [2.45, 2.75) is 25.6 Å². The molecule has 142 valence electrons. The van der Waals surface area contributed by atoms with Crippen LogP contribution < -0.4 is 16.0 Å². The van der Waals surface area contributed by atoms with E-state index in [1.807, 2.05) is 48.3 Å². The van der Waals surface area contributed by atoms with Crippen LogP contribution in [0.2, 0.25) is 5.02 Å². The van der Waals surface area contributed by atoms with Crippen molar-refractivity contribution in [3.63, 3.8) is 0 Å². The highest BCUT2D eigenvalue weighted by Crippen LogP contribution is 2.15. The molecule has 0 bridgehead atoms. The monoisotopic (exact) mass is 386 g/mol. The Kier molecular flexibility index (Phi) is 6.32. The molecule has 0 aromatic heterocycles. The summed E-state index contributed by atoms with van der Waals surface area (Å²) in [5.41, 5.74) is 2.78. The summed E-state index contributed by atoms with van der Waals surface area (Å²) in [5.74, 6) is 0.0909. The van der Waals surface area contributed by atoms with E-state index >= 15 is 0 Å². The molecule has 27 heavy (non-hydrogen) atoms. The number of hydrogen-bond donors (Lipinski definition) is 3. The van der Waals surface area contributed by atoms with E-state index in [0.717, 1.165) is 24.1 Å². The third kappa shape index (κ3) is 5.45. The lowest BCUT2D eigenvalue weighted by atomic mass is 10.1. The molecule has 0 unspecified atom stereocenters. The molecule has 1 aliphatic rings. The van der Waals surface area contributed by atoms with Crippen LogP contribution >= 0.6 is 11.6 Å². The molecule has 2 aromatic carbocycles. The van der Waals surface area contributed by atoms with Crippen molar-refractivity contribution < 1.29 is 9.59 Å². The number of likely N-dealkylation sites (N-methyl/N-ethyl adjacent to an activating group) is 1. The molecule has 3 rings (SSSR count). The van der Waals surface area contributed by atoms with Gasteiger partial charge in [0.05, 0.1) is 6.04 Å². The Hall–Kier alpha value is -2.57. The predicted octanol–water partition coefficient (Wildman–Crippen LogP) is 2.98. The number of carbonyl (C=O) groups excluding carboxylic acids is 2. The van der Waals surface area contributed by atoms with E-state index in [0.29, 0.717) is 23.8 Å². The van der Waals surface area contributed by atoms with Gasteiger partial charge in [0.2, 0.25) is 5.91 Å². The fourth-order valence-electron chi connectivity index (χ4n) is 3.05. The highest BCUT2D eigenvalue weighted by atomic mass is 35.5. The summed E-state index contributed by atoms with van der Waals surface area (Å²) in [6.45, 7) is 1.85. The second-order valence-corrected chi connectivity index (χ2v) is 7.08. The first-order valence-electron chi connectivity index (χ1n) is 8.87. The first-order chi connectivity index (χ1) is 13.0. The number of nitrogens with one attached hydrogen (secondary N) is 3. The minimum atomic E-state index is -0.266. The maximum atomic E-state index is 12.0. The summed E-state index contributed by atoms with van der Waals surface area (Å²) in [6.07, 6.45) is 0.836. The Morgan fingerprint density at radius 1 is 1.15 bits per heavy atom. The van der Waals surface area contributed by atoms with Crippen LogP contribution in [0.15, 0.2) is 48.5 Å². The largest absolute Gasteiger partial charge is 0.355 e. The van der Waals surface area contributed by atoms with Crippen molar-refractivity contribution in [2.75, 3.05) is 18.9 Å². The van der Waals surface area contributed by atoms with Gasteiger partial charge in [-0.05, 0) is 48.9 Å². The first kappa shape index (κ1) is 19.2. The minimum Gasteiger partial charge on any atom is -0.355 e. The Morgan fingerprint density at radius 2 is 1.81 bits per heavy atom.